The van der Waals surface area contributed by atoms with E-state index in [1.165, 1.54) is 13.8 Å². The van der Waals surface area contributed by atoms with Crippen LogP contribution in [0.5, 0.6) is 0 Å². The summed E-state index contributed by atoms with van der Waals surface area (Å²) >= 11 is 0. The zero-order valence-corrected chi connectivity index (χ0v) is 16.1. The van der Waals surface area contributed by atoms with Crippen LogP contribution in [0.4, 0.5) is 11.6 Å². The van der Waals surface area contributed by atoms with Gasteiger partial charge in [-0.1, -0.05) is 11.8 Å². The molecule has 0 atom stereocenters. The van der Waals surface area contributed by atoms with Gasteiger partial charge in [0.05, 0.1) is 5.92 Å². The summed E-state index contributed by atoms with van der Waals surface area (Å²) in [6.45, 7) is 2.78. The van der Waals surface area contributed by atoms with Gasteiger partial charge < -0.3 is 10.6 Å². The van der Waals surface area contributed by atoms with Crippen LogP contribution in [0.3, 0.4) is 0 Å². The van der Waals surface area contributed by atoms with E-state index in [1.807, 2.05) is 57.8 Å². The normalized spacial score (nSPS) is 15.5. The molecule has 0 bridgehead atoms. The number of amides is 2. The van der Waals surface area contributed by atoms with Crippen LogP contribution in [-0.2, 0) is 26.7 Å². The van der Waals surface area contributed by atoms with Crippen LogP contribution in [0.2, 0.25) is 0 Å². The molecule has 0 aromatic carbocycles. The molecule has 136 valence electrons. The average Bonchev–Trinajstić information content (AvgIpc) is 3.28. The first-order valence-electron chi connectivity index (χ1n) is 8.00. The maximum atomic E-state index is 11.1. The molecule has 3 rings (SSSR count). The monoisotopic (exact) mass is 401 g/mol. The van der Waals surface area contributed by atoms with Gasteiger partial charge in [-0.2, -0.15) is 0 Å². The molecule has 2 aliphatic carbocycles. The number of nitrogens with one attached hydrogen (secondary N) is 2. The van der Waals surface area contributed by atoms with Crippen molar-refractivity contribution in [3.05, 3.63) is 81.4 Å². The van der Waals surface area contributed by atoms with Crippen LogP contribution in [0.25, 0.3) is 0 Å². The topological polar surface area (TPSA) is 71.1 Å². The number of rotatable bonds is 2. The third kappa shape index (κ3) is 9.60. The number of nitrogens with zero attached hydrogens (tertiary/aromatic N) is 1. The van der Waals surface area contributed by atoms with Gasteiger partial charge in [-0.05, 0) is 69.9 Å². The summed E-state index contributed by atoms with van der Waals surface area (Å²) in [4.78, 5) is 26.4. The fourth-order valence-corrected chi connectivity index (χ4v) is 2.01. The Labute approximate surface area is 173 Å². The van der Waals surface area contributed by atoms with Gasteiger partial charge in [-0.15, -0.1) is 0 Å². The van der Waals surface area contributed by atoms with E-state index in [2.05, 4.69) is 27.5 Å². The molecule has 0 saturated heterocycles. The molecule has 0 spiro atoms. The van der Waals surface area contributed by atoms with E-state index in [1.54, 1.807) is 12.1 Å². The standard InChI is InChI=1S/C16H14N3O2.C5H5.Fe/c1-11(20)17-15-9-14(8-7-13-5-3-4-6-13)10-16(19-15)18-12(2)21;1-2-4-5-3-1;/h3-6,9-10H,1-2H3,(H2,17,18,19,20,21);1-5H;/q;;+2. The van der Waals surface area contributed by atoms with Crippen molar-refractivity contribution < 1.29 is 26.7 Å². The maximum absolute atomic E-state index is 11.1. The van der Waals surface area contributed by atoms with Crippen LogP contribution in [0.1, 0.15) is 19.4 Å². The SMILES string of the molecule is CC(=O)Nc1cc(C#C[C]2[CH][CH][CH][CH]2)cc(NC(C)=O)n1.[CH]1[CH][CH][CH][CH]1.[Fe+2]. The molecule has 2 fully saturated rings. The van der Waals surface area contributed by atoms with Crippen molar-refractivity contribution >= 4 is 23.5 Å². The Kier molecular flexibility index (Phi) is 10.8. The van der Waals surface area contributed by atoms with Gasteiger partial charge >= 0.3 is 17.1 Å². The minimum atomic E-state index is -0.239. The molecule has 1 aromatic heterocycles. The van der Waals surface area contributed by atoms with E-state index < -0.39 is 0 Å². The third-order valence-corrected chi connectivity index (χ3v) is 3.00. The van der Waals surface area contributed by atoms with E-state index in [-0.39, 0.29) is 28.9 Å². The maximum Gasteiger partial charge on any atom is 2.00 e. The second-order valence-electron chi connectivity index (χ2n) is 5.37. The fourth-order valence-electron chi connectivity index (χ4n) is 2.01. The molecule has 0 aliphatic heterocycles. The van der Waals surface area contributed by atoms with Crippen LogP contribution in [-0.4, -0.2) is 16.8 Å². The second-order valence-corrected chi connectivity index (χ2v) is 5.37. The van der Waals surface area contributed by atoms with Gasteiger partial charge in [0.15, 0.2) is 0 Å². The summed E-state index contributed by atoms with van der Waals surface area (Å²) in [5.41, 5.74) is 0.652. The summed E-state index contributed by atoms with van der Waals surface area (Å²) < 4.78 is 0. The van der Waals surface area contributed by atoms with Crippen molar-refractivity contribution in [2.75, 3.05) is 10.6 Å². The number of carbonyl (C=O) groups excluding carboxylic acids is 2. The molecule has 10 radical (unpaired) electrons. The van der Waals surface area contributed by atoms with Crippen molar-refractivity contribution in [1.29, 1.82) is 0 Å². The summed E-state index contributed by atoms with van der Waals surface area (Å²) in [5.74, 6) is 7.10. The number of aromatic nitrogens is 1. The van der Waals surface area contributed by atoms with Gasteiger partial charge in [-0.3, -0.25) is 9.59 Å². The predicted octanol–water partition coefficient (Wildman–Crippen LogP) is 2.77. The number of anilines is 2. The molecule has 1 aromatic rings. The number of carbonyl (C=O) groups is 2. The largest absolute Gasteiger partial charge is 2.00 e. The fraction of sp³-hybridized carbons (Fsp3) is 0.0952. The van der Waals surface area contributed by atoms with Crippen LogP contribution < -0.4 is 10.6 Å². The minimum absolute atomic E-state index is 0. The molecule has 6 heteroatoms. The molecule has 2 aliphatic rings. The van der Waals surface area contributed by atoms with Crippen molar-refractivity contribution in [3.63, 3.8) is 0 Å². The number of hydrogen-bond acceptors (Lipinski definition) is 3. The average molecular weight is 401 g/mol. The summed E-state index contributed by atoms with van der Waals surface area (Å²) in [5, 5.41) is 5.17. The van der Waals surface area contributed by atoms with E-state index in [0.29, 0.717) is 17.2 Å². The van der Waals surface area contributed by atoms with Crippen LogP contribution in [0.15, 0.2) is 12.1 Å². The zero-order valence-electron chi connectivity index (χ0n) is 15.0. The Morgan fingerprint density at radius 1 is 0.778 bits per heavy atom. The molecule has 2 saturated carbocycles. The Balaban J connectivity index is 0.000000526. The molecule has 2 amide bonds. The van der Waals surface area contributed by atoms with Gasteiger partial charge in [0.2, 0.25) is 11.8 Å². The summed E-state index contributed by atoms with van der Waals surface area (Å²) in [7, 11) is 0. The van der Waals surface area contributed by atoms with Crippen molar-refractivity contribution in [2.24, 2.45) is 0 Å². The van der Waals surface area contributed by atoms with Crippen molar-refractivity contribution in [1.82, 2.24) is 4.98 Å². The van der Waals surface area contributed by atoms with Crippen molar-refractivity contribution in [3.8, 4) is 11.8 Å². The predicted molar refractivity (Wildman–Crippen MR) is 102 cm³/mol. The van der Waals surface area contributed by atoms with Crippen molar-refractivity contribution in [2.45, 2.75) is 13.8 Å². The molecular weight excluding hydrogens is 382 g/mol. The first-order valence-corrected chi connectivity index (χ1v) is 8.00. The zero-order chi connectivity index (χ0) is 18.8. The van der Waals surface area contributed by atoms with Gasteiger partial charge in [-0.25, -0.2) is 4.98 Å². The van der Waals surface area contributed by atoms with E-state index in [9.17, 15) is 9.59 Å². The van der Waals surface area contributed by atoms with Gasteiger partial charge in [0.25, 0.3) is 0 Å². The Hall–Kier alpha value is -1.83. The van der Waals surface area contributed by atoms with Gasteiger partial charge in [0.1, 0.15) is 11.6 Å². The first kappa shape index (κ1) is 23.2. The first-order chi connectivity index (χ1) is 12.5. The van der Waals surface area contributed by atoms with E-state index >= 15 is 0 Å². The van der Waals surface area contributed by atoms with Crippen LogP contribution >= 0.6 is 0 Å². The smallest absolute Gasteiger partial charge is 0.311 e. The molecular formula is C21H19FeN3O2+2. The molecule has 0 unspecified atom stereocenters. The number of pyridine rings is 1. The number of hydrogen-bond donors (Lipinski definition) is 2. The summed E-state index contributed by atoms with van der Waals surface area (Å²) in [6, 6.07) is 3.31. The summed E-state index contributed by atoms with van der Waals surface area (Å²) in [6.07, 6.45) is 17.6. The second kappa shape index (κ2) is 12.5. The van der Waals surface area contributed by atoms with E-state index in [4.69, 9.17) is 0 Å². The molecule has 1 heterocycles. The minimum Gasteiger partial charge on any atom is -0.311 e. The Morgan fingerprint density at radius 2 is 1.22 bits per heavy atom. The Morgan fingerprint density at radius 3 is 1.63 bits per heavy atom. The van der Waals surface area contributed by atoms with E-state index in [0.717, 1.165) is 5.92 Å². The van der Waals surface area contributed by atoms with Crippen LogP contribution in [0, 0.1) is 75.5 Å². The van der Waals surface area contributed by atoms with Gasteiger partial charge in [0, 0.05) is 19.4 Å². The quantitative estimate of drug-likeness (QED) is 0.592. The third-order valence-electron chi connectivity index (χ3n) is 3.00. The molecule has 2 N–H and O–H groups in total. The Bertz CT molecular complexity index is 643. The molecule has 5 nitrogen and oxygen atoms in total. The molecule has 27 heavy (non-hydrogen) atoms.